The van der Waals surface area contributed by atoms with Gasteiger partial charge in [-0.25, -0.2) is 3.11 Å². The number of hydrogen-bond acceptors (Lipinski definition) is 6. The number of ether oxygens (including phenoxy) is 3. The van der Waals surface area contributed by atoms with Crippen LogP contribution in [0, 0.1) is 5.92 Å². The van der Waals surface area contributed by atoms with Gasteiger partial charge in [0.2, 0.25) is 0 Å². The predicted octanol–water partition coefficient (Wildman–Crippen LogP) is 2.65. The Hall–Kier alpha value is 0.490. The van der Waals surface area contributed by atoms with E-state index in [1.165, 1.54) is 12.8 Å². The number of halogens is 1. The summed E-state index contributed by atoms with van der Waals surface area (Å²) in [4.78, 5) is 5.14. The molecular formula is C21H40IN3O3. The van der Waals surface area contributed by atoms with Crippen molar-refractivity contribution >= 4 is 22.9 Å². The first-order chi connectivity index (χ1) is 13.4. The zero-order chi connectivity index (χ0) is 20.3. The lowest BCUT2D eigenvalue weighted by Crippen LogP contribution is -2.55. The minimum Gasteiger partial charge on any atom is -0.378 e. The summed E-state index contributed by atoms with van der Waals surface area (Å²) in [7, 11) is 4.57. The molecule has 2 unspecified atom stereocenters. The van der Waals surface area contributed by atoms with Crippen LogP contribution in [0.2, 0.25) is 0 Å². The highest BCUT2D eigenvalue weighted by Gasteiger charge is 2.36. The maximum atomic E-state index is 6.05. The van der Waals surface area contributed by atoms with E-state index in [1.807, 2.05) is 0 Å². The molecule has 0 aromatic rings. The maximum Gasteiger partial charge on any atom is 0.0631 e. The summed E-state index contributed by atoms with van der Waals surface area (Å²) < 4.78 is 20.2. The lowest BCUT2D eigenvalue weighted by atomic mass is 9.96. The summed E-state index contributed by atoms with van der Waals surface area (Å²) in [5.41, 5.74) is 0. The molecule has 3 fully saturated rings. The highest BCUT2D eigenvalue weighted by molar-refractivity contribution is 14.1. The third-order valence-corrected chi connectivity index (χ3v) is 8.80. The summed E-state index contributed by atoms with van der Waals surface area (Å²) in [6.45, 7) is 11.9. The lowest BCUT2D eigenvalue weighted by Gasteiger charge is -2.45. The van der Waals surface area contributed by atoms with E-state index in [2.05, 4.69) is 70.6 Å². The van der Waals surface area contributed by atoms with Gasteiger partial charge >= 0.3 is 0 Å². The zero-order valence-electron chi connectivity index (χ0n) is 18.3. The van der Waals surface area contributed by atoms with Crippen LogP contribution < -0.4 is 0 Å². The zero-order valence-corrected chi connectivity index (χ0v) is 20.5. The molecule has 3 aliphatic heterocycles. The minimum atomic E-state index is 0.471. The van der Waals surface area contributed by atoms with Crippen molar-refractivity contribution < 1.29 is 14.2 Å². The Morgan fingerprint density at radius 2 is 1.32 bits per heavy atom. The Morgan fingerprint density at radius 3 is 2.00 bits per heavy atom. The van der Waals surface area contributed by atoms with Crippen LogP contribution in [-0.2, 0) is 14.2 Å². The Morgan fingerprint density at radius 1 is 0.786 bits per heavy atom. The molecule has 0 bridgehead atoms. The molecule has 6 nitrogen and oxygen atoms in total. The molecule has 0 aromatic carbocycles. The molecular weight excluding hydrogens is 469 g/mol. The van der Waals surface area contributed by atoms with Crippen LogP contribution in [0.5, 0.6) is 0 Å². The summed E-state index contributed by atoms with van der Waals surface area (Å²) in [6, 6.07) is 2.99. The van der Waals surface area contributed by atoms with Crippen molar-refractivity contribution in [3.63, 3.8) is 0 Å². The second-order valence-electron chi connectivity index (χ2n) is 9.38. The van der Waals surface area contributed by atoms with Gasteiger partial charge in [0.15, 0.2) is 0 Å². The van der Waals surface area contributed by atoms with Gasteiger partial charge in [-0.2, -0.15) is 0 Å². The van der Waals surface area contributed by atoms with Gasteiger partial charge in [0.1, 0.15) is 0 Å². The quantitative estimate of drug-likeness (QED) is 0.405. The van der Waals surface area contributed by atoms with Crippen LogP contribution in [0.15, 0.2) is 0 Å². The minimum absolute atomic E-state index is 0.471. The molecule has 164 valence electrons. The average Bonchev–Trinajstić information content (AvgIpc) is 2.66. The van der Waals surface area contributed by atoms with Crippen molar-refractivity contribution in [2.24, 2.45) is 5.92 Å². The molecule has 6 atom stereocenters. The van der Waals surface area contributed by atoms with Crippen LogP contribution in [0.4, 0.5) is 0 Å². The second-order valence-corrected chi connectivity index (χ2v) is 10.5. The van der Waals surface area contributed by atoms with Gasteiger partial charge in [-0.15, -0.1) is 0 Å². The van der Waals surface area contributed by atoms with Gasteiger partial charge in [-0.1, -0.05) is 13.8 Å². The third-order valence-electron chi connectivity index (χ3n) is 7.06. The molecule has 3 aliphatic rings. The summed E-state index contributed by atoms with van der Waals surface area (Å²) >= 11 is 2.48. The number of hydrogen-bond donors (Lipinski definition) is 0. The lowest BCUT2D eigenvalue weighted by molar-refractivity contribution is -0.0725. The van der Waals surface area contributed by atoms with Gasteiger partial charge in [0, 0.05) is 59.1 Å². The standard InChI is InChI=1S/C21H40IN3O3/c1-15(2)21-14-28-11-18(24(21)5)7-6-17-10-27-12-19(23(17)4)8-20-13-26-9-16(3)25(20)22/h15-21H,6-14H2,1-5H3/t16-,17-,18?,19?,20-,21+/m1/s1. The Kier molecular flexibility index (Phi) is 8.84. The summed E-state index contributed by atoms with van der Waals surface area (Å²) in [5, 5.41) is 0. The van der Waals surface area contributed by atoms with Gasteiger partial charge in [0.25, 0.3) is 0 Å². The molecule has 0 aromatic heterocycles. The second kappa shape index (κ2) is 10.7. The molecule has 0 amide bonds. The third kappa shape index (κ3) is 5.59. The van der Waals surface area contributed by atoms with Gasteiger partial charge in [-0.05, 0) is 46.2 Å². The smallest absolute Gasteiger partial charge is 0.0631 e. The topological polar surface area (TPSA) is 37.4 Å². The molecule has 3 rings (SSSR count). The van der Waals surface area contributed by atoms with Gasteiger partial charge in [-0.3, -0.25) is 9.80 Å². The highest BCUT2D eigenvalue weighted by Crippen LogP contribution is 2.27. The van der Waals surface area contributed by atoms with Crippen molar-refractivity contribution in [2.75, 3.05) is 53.7 Å². The van der Waals surface area contributed by atoms with Crippen LogP contribution in [0.25, 0.3) is 0 Å². The van der Waals surface area contributed by atoms with Crippen molar-refractivity contribution in [2.45, 2.75) is 76.3 Å². The van der Waals surface area contributed by atoms with E-state index >= 15 is 0 Å². The maximum absolute atomic E-state index is 6.05. The van der Waals surface area contributed by atoms with Gasteiger partial charge in [0.05, 0.1) is 39.6 Å². The number of likely N-dealkylation sites (N-methyl/N-ethyl adjacent to an activating group) is 2. The molecule has 7 heteroatoms. The van der Waals surface area contributed by atoms with Gasteiger partial charge < -0.3 is 14.2 Å². The fraction of sp³-hybridized carbons (Fsp3) is 1.00. The van der Waals surface area contributed by atoms with E-state index in [4.69, 9.17) is 14.2 Å². The van der Waals surface area contributed by atoms with Crippen LogP contribution in [0.1, 0.15) is 40.0 Å². The fourth-order valence-corrected chi connectivity index (χ4v) is 5.47. The number of nitrogens with zero attached hydrogens (tertiary/aromatic N) is 3. The van der Waals surface area contributed by atoms with Crippen molar-refractivity contribution in [3.8, 4) is 0 Å². The monoisotopic (exact) mass is 509 g/mol. The first-order valence-corrected chi connectivity index (χ1v) is 12.0. The highest BCUT2D eigenvalue weighted by atomic mass is 127. The molecule has 3 saturated heterocycles. The van der Waals surface area contributed by atoms with E-state index in [0.29, 0.717) is 42.2 Å². The van der Waals surface area contributed by atoms with Crippen LogP contribution in [0.3, 0.4) is 0 Å². The van der Waals surface area contributed by atoms with E-state index < -0.39 is 0 Å². The Bertz CT molecular complexity index is 484. The summed E-state index contributed by atoms with van der Waals surface area (Å²) in [6.07, 6.45) is 3.45. The van der Waals surface area contributed by atoms with Crippen molar-refractivity contribution in [3.05, 3.63) is 0 Å². The largest absolute Gasteiger partial charge is 0.378 e. The van der Waals surface area contributed by atoms with Crippen LogP contribution in [-0.4, -0.2) is 103 Å². The molecule has 3 heterocycles. The molecule has 0 radical (unpaired) electrons. The normalized spacial score (nSPS) is 39.5. The first-order valence-electron chi connectivity index (χ1n) is 11.0. The van der Waals surface area contributed by atoms with Crippen molar-refractivity contribution in [1.82, 2.24) is 12.9 Å². The van der Waals surface area contributed by atoms with Crippen molar-refractivity contribution in [1.29, 1.82) is 0 Å². The Labute approximate surface area is 185 Å². The van der Waals surface area contributed by atoms with E-state index in [9.17, 15) is 0 Å². The fourth-order valence-electron chi connectivity index (χ4n) is 4.92. The number of rotatable bonds is 6. The SMILES string of the molecule is CC(C)[C@@H]1COCC(CC[C@@H]2COCC(C[C@@H]3COC[C@@H](C)N3I)N2C)N1C. The van der Waals surface area contributed by atoms with E-state index in [-0.39, 0.29) is 0 Å². The molecule has 0 spiro atoms. The molecule has 0 N–H and O–H groups in total. The van der Waals surface area contributed by atoms with Crippen LogP contribution >= 0.6 is 22.9 Å². The number of morpholine rings is 3. The predicted molar refractivity (Wildman–Crippen MR) is 121 cm³/mol. The van der Waals surface area contributed by atoms with E-state index in [1.54, 1.807) is 0 Å². The van der Waals surface area contributed by atoms with E-state index in [0.717, 1.165) is 46.1 Å². The average molecular weight is 509 g/mol. The summed E-state index contributed by atoms with van der Waals surface area (Å²) in [5.74, 6) is 0.634. The molecule has 0 saturated carbocycles. The molecule has 28 heavy (non-hydrogen) atoms. The Balaban J connectivity index is 1.50. The first kappa shape index (κ1) is 23.2. The molecule has 0 aliphatic carbocycles.